The van der Waals surface area contributed by atoms with E-state index in [4.69, 9.17) is 4.98 Å². The van der Waals surface area contributed by atoms with Gasteiger partial charge in [0, 0.05) is 31.9 Å². The van der Waals surface area contributed by atoms with Gasteiger partial charge in [-0.15, -0.1) is 5.10 Å². The number of hydrogen-bond acceptors (Lipinski definition) is 8. The average molecular weight is 386 g/mol. The SMILES string of the molecule is Cc1cc2c(NCCNC(=O)c3snnc3C)nc(N3CCCC3)nc2[nH]1. The zero-order valence-corrected chi connectivity index (χ0v) is 16.2. The van der Waals surface area contributed by atoms with Crippen LogP contribution in [0.4, 0.5) is 11.8 Å². The van der Waals surface area contributed by atoms with Crippen molar-refractivity contribution in [3.63, 3.8) is 0 Å². The van der Waals surface area contributed by atoms with Crippen LogP contribution in [0, 0.1) is 13.8 Å². The lowest BCUT2D eigenvalue weighted by atomic mass is 10.3. The molecule has 27 heavy (non-hydrogen) atoms. The Kier molecular flexibility index (Phi) is 4.88. The minimum atomic E-state index is -0.146. The summed E-state index contributed by atoms with van der Waals surface area (Å²) in [6.07, 6.45) is 2.34. The topological polar surface area (TPSA) is 112 Å². The van der Waals surface area contributed by atoms with Gasteiger partial charge in [0.05, 0.1) is 11.1 Å². The normalized spacial score (nSPS) is 14.1. The highest BCUT2D eigenvalue weighted by Crippen LogP contribution is 2.25. The highest BCUT2D eigenvalue weighted by Gasteiger charge is 2.18. The predicted octanol–water partition coefficient (Wildman–Crippen LogP) is 1.87. The number of aromatic amines is 1. The monoisotopic (exact) mass is 386 g/mol. The van der Waals surface area contributed by atoms with Crippen molar-refractivity contribution in [2.24, 2.45) is 0 Å². The summed E-state index contributed by atoms with van der Waals surface area (Å²) in [5.41, 5.74) is 2.53. The summed E-state index contributed by atoms with van der Waals surface area (Å²) in [6, 6.07) is 2.04. The lowest BCUT2D eigenvalue weighted by Gasteiger charge is -2.16. The lowest BCUT2D eigenvalue weighted by Crippen LogP contribution is -2.29. The van der Waals surface area contributed by atoms with Crippen LogP contribution in [-0.2, 0) is 0 Å². The highest BCUT2D eigenvalue weighted by molar-refractivity contribution is 7.07. The first kappa shape index (κ1) is 17.7. The maximum Gasteiger partial charge on any atom is 0.265 e. The molecule has 0 bridgehead atoms. The summed E-state index contributed by atoms with van der Waals surface area (Å²) >= 11 is 1.11. The highest BCUT2D eigenvalue weighted by atomic mass is 32.1. The van der Waals surface area contributed by atoms with E-state index in [1.165, 1.54) is 12.8 Å². The standard InChI is InChI=1S/C17H22N8OS/c1-10-9-12-14(18-5-6-19-16(26)13-11(2)23-24-27-13)21-17(22-15(12)20-10)25-7-3-4-8-25/h9H,3-8H2,1-2H3,(H,19,26)(H2,18,20,21,22). The van der Waals surface area contributed by atoms with Gasteiger partial charge in [-0.25, -0.2) is 0 Å². The summed E-state index contributed by atoms with van der Waals surface area (Å²) in [4.78, 5) is 27.6. The van der Waals surface area contributed by atoms with E-state index in [1.54, 1.807) is 6.92 Å². The molecule has 10 heteroatoms. The molecule has 9 nitrogen and oxygen atoms in total. The number of anilines is 2. The fraction of sp³-hybridized carbons (Fsp3) is 0.471. The van der Waals surface area contributed by atoms with Crippen LogP contribution in [-0.4, -0.2) is 56.6 Å². The Labute approximate surface area is 160 Å². The van der Waals surface area contributed by atoms with Crippen LogP contribution in [0.1, 0.15) is 33.9 Å². The smallest absolute Gasteiger partial charge is 0.265 e. The second-order valence-electron chi connectivity index (χ2n) is 6.65. The predicted molar refractivity (Wildman–Crippen MR) is 106 cm³/mol. The fourth-order valence-electron chi connectivity index (χ4n) is 3.20. The van der Waals surface area contributed by atoms with Crippen molar-refractivity contribution in [3.05, 3.63) is 22.3 Å². The summed E-state index contributed by atoms with van der Waals surface area (Å²) in [5, 5.41) is 11.1. The van der Waals surface area contributed by atoms with Crippen LogP contribution in [0.2, 0.25) is 0 Å². The van der Waals surface area contributed by atoms with Gasteiger partial charge in [-0.2, -0.15) is 9.97 Å². The van der Waals surface area contributed by atoms with Crippen LogP contribution in [0.5, 0.6) is 0 Å². The van der Waals surface area contributed by atoms with Crippen molar-refractivity contribution in [3.8, 4) is 0 Å². The Morgan fingerprint density at radius 3 is 2.81 bits per heavy atom. The second-order valence-corrected chi connectivity index (χ2v) is 7.41. The molecule has 0 saturated carbocycles. The molecular weight excluding hydrogens is 364 g/mol. The van der Waals surface area contributed by atoms with Gasteiger partial charge in [0.2, 0.25) is 5.95 Å². The van der Waals surface area contributed by atoms with Gasteiger partial charge in [-0.1, -0.05) is 4.49 Å². The van der Waals surface area contributed by atoms with E-state index in [1.807, 2.05) is 13.0 Å². The number of carbonyl (C=O) groups excluding carboxylic acids is 1. The van der Waals surface area contributed by atoms with Crippen molar-refractivity contribution >= 4 is 40.2 Å². The second kappa shape index (κ2) is 7.47. The van der Waals surface area contributed by atoms with Crippen LogP contribution in [0.3, 0.4) is 0 Å². The third-order valence-corrected chi connectivity index (χ3v) is 5.39. The number of nitrogens with one attached hydrogen (secondary N) is 3. The van der Waals surface area contributed by atoms with Crippen LogP contribution >= 0.6 is 11.5 Å². The average Bonchev–Trinajstić information content (AvgIpc) is 3.38. The number of aromatic nitrogens is 5. The van der Waals surface area contributed by atoms with Crippen molar-refractivity contribution in [1.29, 1.82) is 0 Å². The molecule has 1 aliphatic heterocycles. The number of carbonyl (C=O) groups is 1. The van der Waals surface area contributed by atoms with Crippen LogP contribution in [0.15, 0.2) is 6.07 Å². The minimum Gasteiger partial charge on any atom is -0.368 e. The van der Waals surface area contributed by atoms with Crippen molar-refractivity contribution < 1.29 is 4.79 Å². The molecule has 3 N–H and O–H groups in total. The Hall–Kier alpha value is -2.75. The number of H-pyrrole nitrogens is 1. The van der Waals surface area contributed by atoms with Gasteiger partial charge in [0.25, 0.3) is 5.91 Å². The molecule has 1 amide bonds. The summed E-state index contributed by atoms with van der Waals surface area (Å²) in [5.74, 6) is 1.39. The van der Waals surface area contributed by atoms with Crippen molar-refractivity contribution in [1.82, 2.24) is 29.9 Å². The molecule has 0 radical (unpaired) electrons. The summed E-state index contributed by atoms with van der Waals surface area (Å²) in [6.45, 7) is 6.80. The first-order valence-electron chi connectivity index (χ1n) is 9.05. The molecule has 0 unspecified atom stereocenters. The van der Waals surface area contributed by atoms with E-state index in [-0.39, 0.29) is 5.91 Å². The largest absolute Gasteiger partial charge is 0.368 e. The molecule has 0 aliphatic carbocycles. The van der Waals surface area contributed by atoms with E-state index < -0.39 is 0 Å². The maximum atomic E-state index is 12.1. The molecule has 1 saturated heterocycles. The molecule has 142 valence electrons. The number of fused-ring (bicyclic) bond motifs is 1. The van der Waals surface area contributed by atoms with Gasteiger partial charge in [0.1, 0.15) is 16.3 Å². The summed E-state index contributed by atoms with van der Waals surface area (Å²) < 4.78 is 3.79. The molecule has 3 aromatic heterocycles. The van der Waals surface area contributed by atoms with Crippen LogP contribution < -0.4 is 15.5 Å². The summed E-state index contributed by atoms with van der Waals surface area (Å²) in [7, 11) is 0. The minimum absolute atomic E-state index is 0.146. The molecule has 0 aromatic carbocycles. The molecule has 0 spiro atoms. The van der Waals surface area contributed by atoms with E-state index in [2.05, 4.69) is 35.1 Å². The third-order valence-electron chi connectivity index (χ3n) is 4.56. The number of hydrogen-bond donors (Lipinski definition) is 3. The van der Waals surface area contributed by atoms with Gasteiger partial charge in [-0.05, 0) is 44.3 Å². The molecule has 1 fully saturated rings. The molecular formula is C17H22N8OS. The van der Waals surface area contributed by atoms with Crippen molar-refractivity contribution in [2.75, 3.05) is 36.4 Å². The Balaban J connectivity index is 1.44. The van der Waals surface area contributed by atoms with Gasteiger partial charge in [-0.3, -0.25) is 4.79 Å². The Morgan fingerprint density at radius 2 is 2.07 bits per heavy atom. The van der Waals surface area contributed by atoms with Gasteiger partial charge < -0.3 is 20.5 Å². The first-order chi connectivity index (χ1) is 13.1. The zero-order chi connectivity index (χ0) is 18.8. The maximum absolute atomic E-state index is 12.1. The fourth-order valence-corrected chi connectivity index (χ4v) is 3.77. The van der Waals surface area contributed by atoms with Crippen LogP contribution in [0.25, 0.3) is 11.0 Å². The number of rotatable bonds is 6. The molecule has 4 heterocycles. The van der Waals surface area contributed by atoms with Gasteiger partial charge in [0.15, 0.2) is 0 Å². The van der Waals surface area contributed by atoms with E-state index >= 15 is 0 Å². The quantitative estimate of drug-likeness (QED) is 0.555. The number of nitrogens with zero attached hydrogens (tertiary/aromatic N) is 5. The molecule has 0 atom stereocenters. The molecule has 3 aromatic rings. The molecule has 1 aliphatic rings. The molecule has 4 rings (SSSR count). The van der Waals surface area contributed by atoms with Crippen molar-refractivity contribution in [2.45, 2.75) is 26.7 Å². The lowest BCUT2D eigenvalue weighted by molar-refractivity contribution is 0.0958. The Bertz CT molecular complexity index is 959. The number of aryl methyl sites for hydroxylation is 2. The van der Waals surface area contributed by atoms with Gasteiger partial charge >= 0.3 is 0 Å². The first-order valence-corrected chi connectivity index (χ1v) is 9.82. The Morgan fingerprint density at radius 1 is 1.26 bits per heavy atom. The van der Waals surface area contributed by atoms with E-state index in [0.29, 0.717) is 23.7 Å². The number of amides is 1. The zero-order valence-electron chi connectivity index (χ0n) is 15.4. The van der Waals surface area contributed by atoms with E-state index in [9.17, 15) is 4.79 Å². The third kappa shape index (κ3) is 3.70. The van der Waals surface area contributed by atoms with E-state index in [0.717, 1.165) is 53.1 Å².